The van der Waals surface area contributed by atoms with Gasteiger partial charge >= 0.3 is 0 Å². The molecule has 276 valence electrons. The van der Waals surface area contributed by atoms with E-state index in [4.69, 9.17) is 18.9 Å². The highest BCUT2D eigenvalue weighted by atomic mass is 79.9. The highest BCUT2D eigenvalue weighted by Gasteiger charge is 2.54. The zero-order chi connectivity index (χ0) is 34.3. The van der Waals surface area contributed by atoms with E-state index in [1.54, 1.807) is 14.2 Å². The summed E-state index contributed by atoms with van der Waals surface area (Å²) in [7, 11) is 3.42. The molecule has 0 bridgehead atoms. The van der Waals surface area contributed by atoms with Gasteiger partial charge in [-0.2, -0.15) is 0 Å². The monoisotopic (exact) mass is 762 g/mol. The third kappa shape index (κ3) is 6.66. The minimum Gasteiger partial charge on any atom is -1.00 e. The van der Waals surface area contributed by atoms with E-state index in [2.05, 4.69) is 46.0 Å². The summed E-state index contributed by atoms with van der Waals surface area (Å²) in [6, 6.07) is 8.50. The third-order valence-electron chi connectivity index (χ3n) is 12.6. The Bertz CT molecular complexity index is 1670. The van der Waals surface area contributed by atoms with Crippen molar-refractivity contribution in [1.29, 1.82) is 0 Å². The Morgan fingerprint density at radius 2 is 1.35 bits per heavy atom. The molecule has 2 aromatic rings. The van der Waals surface area contributed by atoms with Crippen LogP contribution in [0.2, 0.25) is 0 Å². The highest BCUT2D eigenvalue weighted by molar-refractivity contribution is 5.83. The molecule has 6 atom stereocenters. The van der Waals surface area contributed by atoms with E-state index >= 15 is 0 Å². The highest BCUT2D eigenvalue weighted by Crippen LogP contribution is 2.56. The van der Waals surface area contributed by atoms with Crippen LogP contribution >= 0.6 is 0 Å². The lowest BCUT2D eigenvalue weighted by molar-refractivity contribution is -0.524. The third-order valence-corrected chi connectivity index (χ3v) is 12.6. The average Bonchev–Trinajstić information content (AvgIpc) is 3.51. The SMILES string of the molecule is COc1ccc2c3c1OC1C[C@@H](O)C=C[C@@]31CC[N+](CCCCCCCCCCN1CC[C@@]34C=C[C@H](O)C[C@@H]3Oc3c(OC)ccc(c34)C1)=C2.[Br-]. The maximum Gasteiger partial charge on any atom is 0.171 e. The lowest BCUT2D eigenvalue weighted by Gasteiger charge is -2.35. The van der Waals surface area contributed by atoms with Crippen LogP contribution in [0.5, 0.6) is 23.0 Å². The fourth-order valence-corrected chi connectivity index (χ4v) is 9.91. The van der Waals surface area contributed by atoms with Crippen LogP contribution in [0.25, 0.3) is 0 Å². The van der Waals surface area contributed by atoms with Crippen LogP contribution in [-0.4, -0.2) is 90.7 Å². The van der Waals surface area contributed by atoms with Crippen LogP contribution in [0.15, 0.2) is 48.6 Å². The molecule has 8 rings (SSSR count). The van der Waals surface area contributed by atoms with Crippen molar-refractivity contribution >= 4 is 6.21 Å². The second-order valence-corrected chi connectivity index (χ2v) is 15.6. The van der Waals surface area contributed by atoms with E-state index in [0.29, 0.717) is 12.8 Å². The predicted molar refractivity (Wildman–Crippen MR) is 194 cm³/mol. The van der Waals surface area contributed by atoms with Gasteiger partial charge in [-0.25, -0.2) is 4.58 Å². The first-order chi connectivity index (χ1) is 24.4. The maximum absolute atomic E-state index is 10.4. The van der Waals surface area contributed by atoms with E-state index in [0.717, 1.165) is 68.6 Å². The molecule has 0 fully saturated rings. The Labute approximate surface area is 313 Å². The standard InChI is InChI=1S/C42H55N2O6.BrH/c1-47-33-13-11-29-27-43(23-19-41-17-15-31(45)25-35(41)49-39(33)37(29)41)21-9-7-5-3-4-6-8-10-22-44-24-20-42-18-16-32(46)26-36(42)50-40-34(48-2)14-12-30(28-44)38(40)42;/h11-18,27,31-32,35-36,45-46H,3-10,19-26,28H2,1-2H3;1H/q+1;/p-1/t31-,32-,35?,36-,41-,42-;/m0./s1. The Morgan fingerprint density at radius 3 is 2.02 bits per heavy atom. The van der Waals surface area contributed by atoms with Gasteiger partial charge in [0.1, 0.15) is 25.3 Å². The van der Waals surface area contributed by atoms with Crippen LogP contribution in [0.4, 0.5) is 0 Å². The van der Waals surface area contributed by atoms with Crippen molar-refractivity contribution in [3.05, 3.63) is 70.8 Å². The molecule has 2 aliphatic carbocycles. The lowest BCUT2D eigenvalue weighted by Crippen LogP contribution is -3.00. The van der Waals surface area contributed by atoms with Crippen molar-refractivity contribution in [2.75, 3.05) is 40.4 Å². The summed E-state index contributed by atoms with van der Waals surface area (Å²) in [5.74, 6) is 3.35. The van der Waals surface area contributed by atoms with Crippen molar-refractivity contribution in [1.82, 2.24) is 4.90 Å². The molecule has 4 heterocycles. The molecule has 2 spiro atoms. The molecule has 8 nitrogen and oxygen atoms in total. The fraction of sp³-hybridized carbons (Fsp3) is 0.595. The number of ether oxygens (including phenoxy) is 4. The first-order valence-electron chi connectivity index (χ1n) is 19.3. The van der Waals surface area contributed by atoms with Gasteiger partial charge in [0.25, 0.3) is 0 Å². The summed E-state index contributed by atoms with van der Waals surface area (Å²) in [5.41, 5.74) is 4.76. The molecule has 9 heteroatoms. The first-order valence-corrected chi connectivity index (χ1v) is 19.3. The zero-order valence-electron chi connectivity index (χ0n) is 30.3. The van der Waals surface area contributed by atoms with Gasteiger partial charge in [0.05, 0.1) is 37.3 Å². The molecule has 0 aromatic heterocycles. The number of hydrogen-bond acceptors (Lipinski definition) is 7. The van der Waals surface area contributed by atoms with Crippen LogP contribution in [0.1, 0.15) is 99.3 Å². The summed E-state index contributed by atoms with van der Waals surface area (Å²) >= 11 is 0. The number of nitrogens with zero attached hydrogens (tertiary/aromatic N) is 2. The van der Waals surface area contributed by atoms with Crippen LogP contribution in [0, 0.1) is 0 Å². The summed E-state index contributed by atoms with van der Waals surface area (Å²) in [6.45, 7) is 5.19. The minimum absolute atomic E-state index is 0. The molecule has 0 radical (unpaired) electrons. The zero-order valence-corrected chi connectivity index (χ0v) is 31.9. The summed E-state index contributed by atoms with van der Waals surface area (Å²) in [6.07, 6.45) is 23.3. The van der Waals surface area contributed by atoms with Crippen molar-refractivity contribution in [3.63, 3.8) is 0 Å². The normalized spacial score (nSPS) is 29.6. The van der Waals surface area contributed by atoms with Gasteiger partial charge in [0, 0.05) is 48.9 Å². The van der Waals surface area contributed by atoms with E-state index in [1.807, 2.05) is 18.2 Å². The fourth-order valence-electron chi connectivity index (χ4n) is 9.91. The molecular formula is C42H55BrN2O6. The van der Waals surface area contributed by atoms with Crippen molar-refractivity contribution in [3.8, 4) is 23.0 Å². The quantitative estimate of drug-likeness (QED) is 0.185. The number of aliphatic hydroxyl groups excluding tert-OH is 2. The summed E-state index contributed by atoms with van der Waals surface area (Å²) in [4.78, 5) is 2.63. The minimum atomic E-state index is -0.453. The Hall–Kier alpha value is -2.85. The number of hydrogen-bond donors (Lipinski definition) is 2. The summed E-state index contributed by atoms with van der Waals surface area (Å²) < 4.78 is 26.8. The van der Waals surface area contributed by atoms with Gasteiger partial charge in [-0.1, -0.05) is 62.5 Å². The Kier molecular flexibility index (Phi) is 10.9. The van der Waals surface area contributed by atoms with Crippen molar-refractivity contribution in [2.24, 2.45) is 0 Å². The van der Waals surface area contributed by atoms with Crippen molar-refractivity contribution < 1.29 is 50.7 Å². The smallest absolute Gasteiger partial charge is 0.171 e. The molecule has 4 aliphatic heterocycles. The molecule has 0 amide bonds. The molecule has 51 heavy (non-hydrogen) atoms. The molecule has 0 saturated carbocycles. The van der Waals surface area contributed by atoms with Gasteiger partial charge in [-0.3, -0.25) is 4.90 Å². The number of unbranched alkanes of at least 4 members (excludes halogenated alkanes) is 7. The molecular weight excluding hydrogens is 708 g/mol. The first kappa shape index (κ1) is 36.5. The number of aliphatic hydroxyl groups is 2. The Balaban J connectivity index is 0.00000406. The van der Waals surface area contributed by atoms with Crippen LogP contribution in [0.3, 0.4) is 0 Å². The van der Waals surface area contributed by atoms with Gasteiger partial charge in [-0.15, -0.1) is 0 Å². The van der Waals surface area contributed by atoms with Crippen LogP contribution < -0.4 is 35.9 Å². The molecule has 2 N–H and O–H groups in total. The number of benzene rings is 2. The average molecular weight is 764 g/mol. The number of methoxy groups -OCH3 is 2. The predicted octanol–water partition coefficient (Wildman–Crippen LogP) is 3.21. The van der Waals surface area contributed by atoms with E-state index in [-0.39, 0.29) is 40.0 Å². The number of halogens is 1. The second kappa shape index (κ2) is 15.2. The van der Waals surface area contributed by atoms with Gasteiger partial charge in [0.2, 0.25) is 0 Å². The van der Waals surface area contributed by atoms with Crippen molar-refractivity contribution in [2.45, 2.75) is 119 Å². The number of rotatable bonds is 13. The molecule has 6 aliphatic rings. The van der Waals surface area contributed by atoms with E-state index in [1.165, 1.54) is 73.6 Å². The molecule has 2 aromatic carbocycles. The van der Waals surface area contributed by atoms with Gasteiger partial charge in [0.15, 0.2) is 29.2 Å². The molecule has 1 unspecified atom stereocenters. The topological polar surface area (TPSA) is 83.6 Å². The molecule has 0 saturated heterocycles. The maximum atomic E-state index is 10.4. The lowest BCUT2D eigenvalue weighted by atomic mass is 9.69. The summed E-state index contributed by atoms with van der Waals surface area (Å²) in [5, 5.41) is 20.7. The van der Waals surface area contributed by atoms with Crippen LogP contribution in [-0.2, 0) is 17.4 Å². The van der Waals surface area contributed by atoms with E-state index < -0.39 is 12.2 Å². The van der Waals surface area contributed by atoms with Gasteiger partial charge in [-0.05, 0) is 56.1 Å². The largest absolute Gasteiger partial charge is 1.00 e. The second-order valence-electron chi connectivity index (χ2n) is 15.6. The van der Waals surface area contributed by atoms with E-state index in [9.17, 15) is 10.2 Å². The Morgan fingerprint density at radius 1 is 0.765 bits per heavy atom. The van der Waals surface area contributed by atoms with Gasteiger partial charge < -0.3 is 46.1 Å².